The molecule has 0 aromatic heterocycles. The molecule has 1 aromatic carbocycles. The fourth-order valence-electron chi connectivity index (χ4n) is 3.82. The van der Waals surface area contributed by atoms with Crippen molar-refractivity contribution in [3.05, 3.63) is 34.6 Å². The van der Waals surface area contributed by atoms with Gasteiger partial charge in [-0.1, -0.05) is 24.6 Å². The molecule has 1 heterocycles. The Morgan fingerprint density at radius 3 is 2.67 bits per heavy atom. The molecule has 1 saturated heterocycles. The molecule has 2 fully saturated rings. The fourth-order valence-corrected chi connectivity index (χ4v) is 3.94. The number of carbonyl (C=O) groups excluding carboxylic acids is 1. The van der Waals surface area contributed by atoms with E-state index in [9.17, 15) is 14.0 Å². The molecule has 27 heavy (non-hydrogen) atoms. The van der Waals surface area contributed by atoms with Gasteiger partial charge in [-0.15, -0.1) is 0 Å². The average molecular weight is 398 g/mol. The van der Waals surface area contributed by atoms with Gasteiger partial charge >= 0.3 is 12.0 Å². The Kier molecular flexibility index (Phi) is 6.22. The Morgan fingerprint density at radius 1 is 1.37 bits per heavy atom. The number of carboxylic acids is 1. The van der Waals surface area contributed by atoms with Gasteiger partial charge in [-0.05, 0) is 43.5 Å². The molecule has 2 atom stereocenters. The summed E-state index contributed by atoms with van der Waals surface area (Å²) in [5.74, 6) is -1.13. The van der Waals surface area contributed by atoms with E-state index in [2.05, 4.69) is 5.32 Å². The van der Waals surface area contributed by atoms with Crippen molar-refractivity contribution >= 4 is 23.6 Å². The first kappa shape index (κ1) is 19.9. The van der Waals surface area contributed by atoms with E-state index in [0.29, 0.717) is 19.6 Å². The van der Waals surface area contributed by atoms with Crippen LogP contribution in [-0.2, 0) is 4.79 Å². The molecule has 2 N–H and O–H groups in total. The van der Waals surface area contributed by atoms with Crippen LogP contribution in [0.25, 0.3) is 0 Å². The number of piperidine rings is 1. The topological polar surface area (TPSA) is 72.9 Å². The molecule has 0 spiro atoms. The zero-order chi connectivity index (χ0) is 19.6. The number of urea groups is 1. The van der Waals surface area contributed by atoms with Crippen molar-refractivity contribution in [3.63, 3.8) is 0 Å². The van der Waals surface area contributed by atoms with E-state index in [4.69, 9.17) is 16.7 Å². The fraction of sp³-hybridized carbons (Fsp3) is 0.579. The third-order valence-corrected chi connectivity index (χ3v) is 5.79. The van der Waals surface area contributed by atoms with Gasteiger partial charge in [0, 0.05) is 31.1 Å². The van der Waals surface area contributed by atoms with Gasteiger partial charge in [0.15, 0.2) is 0 Å². The quantitative estimate of drug-likeness (QED) is 0.774. The molecule has 2 aliphatic rings. The van der Waals surface area contributed by atoms with Crippen LogP contribution in [0.5, 0.6) is 0 Å². The lowest BCUT2D eigenvalue weighted by molar-refractivity contribution is -0.139. The van der Waals surface area contributed by atoms with Crippen molar-refractivity contribution in [2.24, 2.45) is 0 Å². The second-order valence-electron chi connectivity index (χ2n) is 7.25. The number of rotatable bonds is 6. The minimum atomic E-state index is -0.824. The van der Waals surface area contributed by atoms with Gasteiger partial charge in [0.1, 0.15) is 5.82 Å². The molecule has 0 unspecified atom stereocenters. The number of halogens is 2. The normalized spacial score (nSPS) is 22.7. The number of benzene rings is 1. The largest absolute Gasteiger partial charge is 0.480 e. The SMILES string of the molecule is CCN(CC(=O)O)C1CCN(C(=O)N[C@@H]2C[C@H]2c2ccc(Cl)c(F)c2)CC1. The van der Waals surface area contributed by atoms with Crippen LogP contribution >= 0.6 is 11.6 Å². The first-order valence-corrected chi connectivity index (χ1v) is 9.73. The van der Waals surface area contributed by atoms with Crippen molar-refractivity contribution in [1.82, 2.24) is 15.1 Å². The summed E-state index contributed by atoms with van der Waals surface area (Å²) < 4.78 is 13.6. The van der Waals surface area contributed by atoms with E-state index in [1.165, 1.54) is 6.07 Å². The van der Waals surface area contributed by atoms with E-state index in [0.717, 1.165) is 24.8 Å². The number of carbonyl (C=O) groups is 2. The highest BCUT2D eigenvalue weighted by atomic mass is 35.5. The average Bonchev–Trinajstić information content (AvgIpc) is 3.41. The highest BCUT2D eigenvalue weighted by Gasteiger charge is 2.41. The summed E-state index contributed by atoms with van der Waals surface area (Å²) in [5, 5.41) is 12.1. The van der Waals surface area contributed by atoms with E-state index < -0.39 is 11.8 Å². The number of carboxylic acid groups (broad SMARTS) is 1. The Balaban J connectivity index is 1.46. The number of hydrogen-bond donors (Lipinski definition) is 2. The monoisotopic (exact) mass is 397 g/mol. The second kappa shape index (κ2) is 8.44. The Morgan fingerprint density at radius 2 is 2.07 bits per heavy atom. The van der Waals surface area contributed by atoms with Crippen LogP contribution in [0.15, 0.2) is 18.2 Å². The van der Waals surface area contributed by atoms with E-state index in [-0.39, 0.29) is 35.6 Å². The number of hydrogen-bond acceptors (Lipinski definition) is 3. The molecule has 1 aliphatic carbocycles. The number of nitrogens with zero attached hydrogens (tertiary/aromatic N) is 2. The molecule has 1 aliphatic heterocycles. The van der Waals surface area contributed by atoms with E-state index >= 15 is 0 Å². The molecule has 8 heteroatoms. The molecule has 6 nitrogen and oxygen atoms in total. The summed E-state index contributed by atoms with van der Waals surface area (Å²) in [7, 11) is 0. The number of amides is 2. The lowest BCUT2D eigenvalue weighted by Crippen LogP contribution is -2.50. The predicted octanol–water partition coefficient (Wildman–Crippen LogP) is 2.92. The third-order valence-electron chi connectivity index (χ3n) is 5.48. The summed E-state index contributed by atoms with van der Waals surface area (Å²) in [6.45, 7) is 3.90. The zero-order valence-electron chi connectivity index (χ0n) is 15.3. The van der Waals surface area contributed by atoms with Crippen LogP contribution in [0.2, 0.25) is 5.02 Å². The molecule has 3 rings (SSSR count). The van der Waals surface area contributed by atoms with Crippen LogP contribution in [0, 0.1) is 5.82 Å². The van der Waals surface area contributed by atoms with Crippen LogP contribution < -0.4 is 5.32 Å². The number of aliphatic carboxylic acids is 1. The molecular formula is C19H25ClFN3O3. The van der Waals surface area contributed by atoms with Crippen LogP contribution in [0.1, 0.15) is 37.7 Å². The molecule has 2 amide bonds. The molecule has 148 valence electrons. The number of likely N-dealkylation sites (tertiary alicyclic amines) is 1. The minimum Gasteiger partial charge on any atom is -0.480 e. The van der Waals surface area contributed by atoms with Crippen LogP contribution in [0.3, 0.4) is 0 Å². The highest BCUT2D eigenvalue weighted by Crippen LogP contribution is 2.41. The number of likely N-dealkylation sites (N-methyl/N-ethyl adjacent to an activating group) is 1. The maximum Gasteiger partial charge on any atom is 0.317 e. The first-order valence-electron chi connectivity index (χ1n) is 9.35. The zero-order valence-corrected chi connectivity index (χ0v) is 16.1. The Hall–Kier alpha value is -1.86. The Labute approximate surface area is 163 Å². The van der Waals surface area contributed by atoms with Crippen molar-refractivity contribution in [3.8, 4) is 0 Å². The smallest absolute Gasteiger partial charge is 0.317 e. The van der Waals surface area contributed by atoms with E-state index in [1.54, 1.807) is 17.0 Å². The molecular weight excluding hydrogens is 373 g/mol. The summed E-state index contributed by atoms with van der Waals surface area (Å²) in [5.41, 5.74) is 0.855. The Bertz CT molecular complexity index is 709. The van der Waals surface area contributed by atoms with E-state index in [1.807, 2.05) is 11.8 Å². The summed E-state index contributed by atoms with van der Waals surface area (Å²) in [6.07, 6.45) is 2.33. The molecule has 0 bridgehead atoms. The summed E-state index contributed by atoms with van der Waals surface area (Å²) >= 11 is 5.71. The van der Waals surface area contributed by atoms with Gasteiger partial charge in [0.2, 0.25) is 0 Å². The van der Waals surface area contributed by atoms with Gasteiger partial charge in [-0.3, -0.25) is 9.69 Å². The standard InChI is InChI=1S/C19H25ClFN3O3/c1-2-23(11-18(25)26)13-5-7-24(8-6-13)19(27)22-17-10-14(17)12-3-4-15(20)16(21)9-12/h3-4,9,13-14,17H,2,5-8,10-11H2,1H3,(H,22,27)(H,25,26)/t14-,17+/m0/s1. The minimum absolute atomic E-state index is 0.0231. The molecule has 1 aromatic rings. The maximum atomic E-state index is 13.6. The van der Waals surface area contributed by atoms with Gasteiger partial charge in [0.05, 0.1) is 11.6 Å². The van der Waals surface area contributed by atoms with Crippen molar-refractivity contribution < 1.29 is 19.1 Å². The van der Waals surface area contributed by atoms with Gasteiger partial charge in [-0.25, -0.2) is 9.18 Å². The van der Waals surface area contributed by atoms with Gasteiger partial charge in [-0.2, -0.15) is 0 Å². The van der Waals surface area contributed by atoms with Crippen molar-refractivity contribution in [2.45, 2.75) is 44.2 Å². The van der Waals surface area contributed by atoms with Crippen molar-refractivity contribution in [2.75, 3.05) is 26.2 Å². The summed E-state index contributed by atoms with van der Waals surface area (Å²) in [4.78, 5) is 27.2. The molecule has 1 saturated carbocycles. The second-order valence-corrected chi connectivity index (χ2v) is 7.65. The van der Waals surface area contributed by atoms with Gasteiger partial charge < -0.3 is 15.3 Å². The maximum absolute atomic E-state index is 13.6. The molecule has 0 radical (unpaired) electrons. The van der Waals surface area contributed by atoms with Gasteiger partial charge in [0.25, 0.3) is 0 Å². The van der Waals surface area contributed by atoms with Crippen LogP contribution in [-0.4, -0.2) is 65.2 Å². The van der Waals surface area contributed by atoms with Crippen molar-refractivity contribution in [1.29, 1.82) is 0 Å². The highest BCUT2D eigenvalue weighted by molar-refractivity contribution is 6.30. The third kappa shape index (κ3) is 4.90. The van der Waals surface area contributed by atoms with Crippen LogP contribution in [0.4, 0.5) is 9.18 Å². The lowest BCUT2D eigenvalue weighted by atomic mass is 10.0. The number of nitrogens with one attached hydrogen (secondary N) is 1. The lowest BCUT2D eigenvalue weighted by Gasteiger charge is -2.37. The first-order chi connectivity index (χ1) is 12.9. The predicted molar refractivity (Wildman–Crippen MR) is 101 cm³/mol. The summed E-state index contributed by atoms with van der Waals surface area (Å²) in [6, 6.07) is 4.90.